The van der Waals surface area contributed by atoms with Crippen molar-refractivity contribution in [3.05, 3.63) is 41.0 Å². The molecule has 0 atom stereocenters. The molecule has 1 fully saturated rings. The van der Waals surface area contributed by atoms with Gasteiger partial charge in [0.05, 0.1) is 11.4 Å². The fourth-order valence-corrected chi connectivity index (χ4v) is 3.85. The lowest BCUT2D eigenvalue weighted by molar-refractivity contribution is -0.141. The van der Waals surface area contributed by atoms with Gasteiger partial charge in [0.25, 0.3) is 0 Å². The van der Waals surface area contributed by atoms with Crippen molar-refractivity contribution in [2.75, 3.05) is 5.75 Å². The Morgan fingerprint density at radius 1 is 1.14 bits per heavy atom. The molecular formula is C19H19ClF3N3OS. The number of alkyl halides is 3. The fourth-order valence-electron chi connectivity index (χ4n) is 3.05. The fraction of sp³-hybridized carbons (Fsp3) is 0.421. The summed E-state index contributed by atoms with van der Waals surface area (Å²) >= 11 is 6.74. The number of halogens is 4. The van der Waals surface area contributed by atoms with Crippen LogP contribution in [0.2, 0.25) is 5.02 Å². The van der Waals surface area contributed by atoms with Crippen LogP contribution in [0.25, 0.3) is 11.3 Å². The zero-order valence-corrected chi connectivity index (χ0v) is 16.5. The normalized spacial score (nSPS) is 15.4. The average Bonchev–Trinajstić information content (AvgIpc) is 2.67. The first-order valence-electron chi connectivity index (χ1n) is 8.95. The highest BCUT2D eigenvalue weighted by atomic mass is 35.5. The quantitative estimate of drug-likeness (QED) is 0.513. The monoisotopic (exact) mass is 429 g/mol. The van der Waals surface area contributed by atoms with E-state index in [0.29, 0.717) is 10.6 Å². The summed E-state index contributed by atoms with van der Waals surface area (Å²) in [6.45, 7) is 0. The molecule has 1 heterocycles. The largest absolute Gasteiger partial charge is 0.433 e. The number of carbonyl (C=O) groups excluding carboxylic acids is 1. The topological polar surface area (TPSA) is 54.9 Å². The third-order valence-corrected chi connectivity index (χ3v) is 5.54. The molecule has 3 rings (SSSR count). The van der Waals surface area contributed by atoms with Crippen molar-refractivity contribution >= 4 is 29.3 Å². The molecule has 1 aliphatic rings. The number of rotatable bonds is 5. The van der Waals surface area contributed by atoms with Crippen molar-refractivity contribution in [2.24, 2.45) is 0 Å². The second kappa shape index (κ2) is 9.13. The van der Waals surface area contributed by atoms with E-state index in [0.717, 1.165) is 43.5 Å². The molecular weight excluding hydrogens is 411 g/mol. The van der Waals surface area contributed by atoms with Crippen molar-refractivity contribution in [3.63, 3.8) is 0 Å². The Kier molecular flexibility index (Phi) is 6.82. The molecule has 2 aromatic rings. The van der Waals surface area contributed by atoms with Crippen LogP contribution in [0.5, 0.6) is 0 Å². The molecule has 1 aromatic carbocycles. The van der Waals surface area contributed by atoms with Crippen molar-refractivity contribution in [1.29, 1.82) is 0 Å². The number of aromatic nitrogens is 2. The minimum absolute atomic E-state index is 0.0299. The molecule has 1 aliphatic carbocycles. The van der Waals surface area contributed by atoms with Gasteiger partial charge in [-0.15, -0.1) is 0 Å². The molecule has 150 valence electrons. The maximum absolute atomic E-state index is 13.2. The number of benzene rings is 1. The molecule has 28 heavy (non-hydrogen) atoms. The molecule has 1 saturated carbocycles. The van der Waals surface area contributed by atoms with E-state index < -0.39 is 11.9 Å². The van der Waals surface area contributed by atoms with Gasteiger partial charge in [0.2, 0.25) is 5.91 Å². The molecule has 0 bridgehead atoms. The highest BCUT2D eigenvalue weighted by Gasteiger charge is 2.34. The molecule has 0 saturated heterocycles. The second-order valence-corrected chi connectivity index (χ2v) is 8.00. The van der Waals surface area contributed by atoms with E-state index in [9.17, 15) is 18.0 Å². The first-order valence-corrected chi connectivity index (χ1v) is 10.3. The third-order valence-electron chi connectivity index (χ3n) is 4.44. The Balaban J connectivity index is 1.74. The van der Waals surface area contributed by atoms with E-state index in [-0.39, 0.29) is 28.6 Å². The van der Waals surface area contributed by atoms with Crippen LogP contribution in [0.15, 0.2) is 35.5 Å². The molecule has 0 radical (unpaired) electrons. The number of amides is 1. The summed E-state index contributed by atoms with van der Waals surface area (Å²) in [5.74, 6) is -0.247. The van der Waals surface area contributed by atoms with Crippen LogP contribution in [-0.2, 0) is 11.0 Å². The standard InChI is InChI=1S/C19H19ClF3N3OS/c20-13-8-6-12(7-9-13)15-10-16(19(21,22)23)26-18(25-15)28-11-17(27)24-14-4-2-1-3-5-14/h6-10,14H,1-5,11H2,(H,24,27). The number of nitrogens with one attached hydrogen (secondary N) is 1. The van der Waals surface area contributed by atoms with E-state index >= 15 is 0 Å². The van der Waals surface area contributed by atoms with E-state index in [2.05, 4.69) is 15.3 Å². The minimum atomic E-state index is -4.61. The summed E-state index contributed by atoms with van der Waals surface area (Å²) in [5, 5.41) is 3.32. The second-order valence-electron chi connectivity index (χ2n) is 6.62. The number of hydrogen-bond acceptors (Lipinski definition) is 4. The van der Waals surface area contributed by atoms with Gasteiger partial charge in [-0.1, -0.05) is 54.8 Å². The highest BCUT2D eigenvalue weighted by molar-refractivity contribution is 7.99. The zero-order chi connectivity index (χ0) is 20.1. The maximum atomic E-state index is 13.2. The number of carbonyl (C=O) groups is 1. The van der Waals surface area contributed by atoms with E-state index in [1.807, 2.05) is 0 Å². The summed E-state index contributed by atoms with van der Waals surface area (Å²) in [5.41, 5.74) is -0.414. The van der Waals surface area contributed by atoms with Gasteiger partial charge in [0.1, 0.15) is 5.69 Å². The Morgan fingerprint density at radius 2 is 1.82 bits per heavy atom. The van der Waals surface area contributed by atoms with E-state index in [4.69, 9.17) is 11.6 Å². The van der Waals surface area contributed by atoms with Crippen molar-refractivity contribution in [1.82, 2.24) is 15.3 Å². The predicted molar refractivity (Wildman–Crippen MR) is 103 cm³/mol. The summed E-state index contributed by atoms with van der Waals surface area (Å²) in [4.78, 5) is 19.9. The Morgan fingerprint density at radius 3 is 2.46 bits per heavy atom. The van der Waals surface area contributed by atoms with Gasteiger partial charge >= 0.3 is 6.18 Å². The van der Waals surface area contributed by atoms with Gasteiger partial charge in [0, 0.05) is 16.6 Å². The molecule has 9 heteroatoms. The molecule has 0 spiro atoms. The van der Waals surface area contributed by atoms with Crippen LogP contribution >= 0.6 is 23.4 Å². The first kappa shape index (κ1) is 20.9. The molecule has 1 N–H and O–H groups in total. The summed E-state index contributed by atoms with van der Waals surface area (Å²) < 4.78 is 39.7. The SMILES string of the molecule is O=C(CSc1nc(-c2ccc(Cl)cc2)cc(C(F)(F)F)n1)NC1CCCCC1. The zero-order valence-electron chi connectivity index (χ0n) is 14.9. The maximum Gasteiger partial charge on any atom is 0.433 e. The summed E-state index contributed by atoms with van der Waals surface area (Å²) in [6, 6.07) is 7.39. The van der Waals surface area contributed by atoms with Crippen LogP contribution < -0.4 is 5.32 Å². The number of hydrogen-bond donors (Lipinski definition) is 1. The highest BCUT2D eigenvalue weighted by Crippen LogP contribution is 2.32. The summed E-state index contributed by atoms with van der Waals surface area (Å²) in [7, 11) is 0. The minimum Gasteiger partial charge on any atom is -0.353 e. The van der Waals surface area contributed by atoms with Crippen molar-refractivity contribution < 1.29 is 18.0 Å². The molecule has 0 unspecified atom stereocenters. The Labute approximate surface area is 170 Å². The number of nitrogens with zero attached hydrogens (tertiary/aromatic N) is 2. The smallest absolute Gasteiger partial charge is 0.353 e. The number of thioether (sulfide) groups is 1. The van der Waals surface area contributed by atoms with Crippen LogP contribution in [0, 0.1) is 0 Å². The van der Waals surface area contributed by atoms with Gasteiger partial charge in [-0.05, 0) is 31.0 Å². The van der Waals surface area contributed by atoms with Crippen LogP contribution in [0.1, 0.15) is 37.8 Å². The van der Waals surface area contributed by atoms with Crippen molar-refractivity contribution in [3.8, 4) is 11.3 Å². The van der Waals surface area contributed by atoms with Crippen molar-refractivity contribution in [2.45, 2.75) is 49.5 Å². The first-order chi connectivity index (χ1) is 13.3. The Bertz CT molecular complexity index is 824. The lowest BCUT2D eigenvalue weighted by Crippen LogP contribution is -2.37. The van der Waals surface area contributed by atoms with E-state index in [1.54, 1.807) is 24.3 Å². The molecule has 0 aliphatic heterocycles. The van der Waals surface area contributed by atoms with E-state index in [1.165, 1.54) is 6.42 Å². The average molecular weight is 430 g/mol. The van der Waals surface area contributed by atoms with Gasteiger partial charge in [-0.25, -0.2) is 9.97 Å². The van der Waals surface area contributed by atoms with Gasteiger partial charge in [0.15, 0.2) is 5.16 Å². The van der Waals surface area contributed by atoms with Crippen LogP contribution in [0.3, 0.4) is 0 Å². The van der Waals surface area contributed by atoms with Crippen LogP contribution in [-0.4, -0.2) is 27.7 Å². The lowest BCUT2D eigenvalue weighted by atomic mass is 9.95. The molecule has 4 nitrogen and oxygen atoms in total. The Hall–Kier alpha value is -1.80. The molecule has 1 aromatic heterocycles. The van der Waals surface area contributed by atoms with Crippen LogP contribution in [0.4, 0.5) is 13.2 Å². The van der Waals surface area contributed by atoms with Gasteiger partial charge < -0.3 is 5.32 Å². The van der Waals surface area contributed by atoms with Gasteiger partial charge in [-0.3, -0.25) is 4.79 Å². The lowest BCUT2D eigenvalue weighted by Gasteiger charge is -2.22. The third kappa shape index (κ3) is 5.85. The molecule has 1 amide bonds. The summed E-state index contributed by atoms with van der Waals surface area (Å²) in [6.07, 6.45) is 0.614. The predicted octanol–water partition coefficient (Wildman–Crippen LogP) is 5.36. The van der Waals surface area contributed by atoms with Gasteiger partial charge in [-0.2, -0.15) is 13.2 Å².